The smallest absolute Gasteiger partial charge is 0.255 e. The van der Waals surface area contributed by atoms with Crippen LogP contribution in [0.25, 0.3) is 6.08 Å². The molecule has 7 nitrogen and oxygen atoms in total. The van der Waals surface area contributed by atoms with Gasteiger partial charge < -0.3 is 20.7 Å². The quantitative estimate of drug-likeness (QED) is 0.682. The number of aromatic nitrogens is 1. The van der Waals surface area contributed by atoms with Crippen LogP contribution in [0.5, 0.6) is 5.75 Å². The predicted octanol–water partition coefficient (Wildman–Crippen LogP) is 1.88. The van der Waals surface area contributed by atoms with Gasteiger partial charge >= 0.3 is 0 Å². The molecular formula is C21H24N4O3. The van der Waals surface area contributed by atoms with Crippen LogP contribution in [0.2, 0.25) is 0 Å². The fourth-order valence-electron chi connectivity index (χ4n) is 2.94. The highest BCUT2D eigenvalue weighted by atomic mass is 16.5. The Labute approximate surface area is 164 Å². The summed E-state index contributed by atoms with van der Waals surface area (Å²) in [6.07, 6.45) is 7.39. The van der Waals surface area contributed by atoms with Crippen molar-refractivity contribution in [3.8, 4) is 5.75 Å². The SMILES string of the molecule is NC(=O)COc1ccc(/C=C/C(=O)NCc2ccnc(N3CCCC3)c2)cc1. The van der Waals surface area contributed by atoms with Crippen molar-refractivity contribution < 1.29 is 14.3 Å². The van der Waals surface area contributed by atoms with E-state index in [0.717, 1.165) is 30.0 Å². The zero-order chi connectivity index (χ0) is 19.8. The molecule has 2 amide bonds. The van der Waals surface area contributed by atoms with Crippen molar-refractivity contribution in [2.75, 3.05) is 24.6 Å². The molecule has 0 spiro atoms. The maximum absolute atomic E-state index is 12.1. The van der Waals surface area contributed by atoms with Gasteiger partial charge in [0.2, 0.25) is 5.91 Å². The van der Waals surface area contributed by atoms with E-state index in [-0.39, 0.29) is 12.5 Å². The molecule has 1 aliphatic rings. The molecule has 28 heavy (non-hydrogen) atoms. The zero-order valence-corrected chi connectivity index (χ0v) is 15.6. The zero-order valence-electron chi connectivity index (χ0n) is 15.6. The number of anilines is 1. The van der Waals surface area contributed by atoms with Crippen molar-refractivity contribution in [2.24, 2.45) is 5.73 Å². The van der Waals surface area contributed by atoms with Gasteiger partial charge in [-0.05, 0) is 54.3 Å². The number of hydrogen-bond donors (Lipinski definition) is 2. The third-order valence-electron chi connectivity index (χ3n) is 4.40. The average Bonchev–Trinajstić information content (AvgIpc) is 3.25. The Kier molecular flexibility index (Phi) is 6.62. The van der Waals surface area contributed by atoms with Crippen molar-refractivity contribution >= 4 is 23.7 Å². The summed E-state index contributed by atoms with van der Waals surface area (Å²) in [5, 5.41) is 2.88. The van der Waals surface area contributed by atoms with Gasteiger partial charge in [0.05, 0.1) is 0 Å². The minimum Gasteiger partial charge on any atom is -0.484 e. The second-order valence-corrected chi connectivity index (χ2v) is 6.59. The van der Waals surface area contributed by atoms with E-state index in [1.807, 2.05) is 12.1 Å². The van der Waals surface area contributed by atoms with Crippen molar-refractivity contribution in [3.05, 3.63) is 59.8 Å². The molecule has 3 rings (SSSR count). The molecule has 2 heterocycles. The van der Waals surface area contributed by atoms with Crippen LogP contribution in [0.4, 0.5) is 5.82 Å². The fraction of sp³-hybridized carbons (Fsp3) is 0.286. The molecule has 0 radical (unpaired) electrons. The van der Waals surface area contributed by atoms with Gasteiger partial charge in [0, 0.05) is 31.9 Å². The highest BCUT2D eigenvalue weighted by Gasteiger charge is 2.13. The molecule has 0 saturated carbocycles. The molecule has 0 atom stereocenters. The molecular weight excluding hydrogens is 356 g/mol. The van der Waals surface area contributed by atoms with Crippen LogP contribution in [-0.4, -0.2) is 36.5 Å². The first-order chi connectivity index (χ1) is 13.6. The molecule has 0 aliphatic carbocycles. The molecule has 0 unspecified atom stereocenters. The lowest BCUT2D eigenvalue weighted by Gasteiger charge is -2.16. The van der Waals surface area contributed by atoms with Crippen LogP contribution in [0.15, 0.2) is 48.7 Å². The highest BCUT2D eigenvalue weighted by molar-refractivity contribution is 5.91. The molecule has 2 aromatic rings. The van der Waals surface area contributed by atoms with Crippen molar-refractivity contribution in [1.29, 1.82) is 0 Å². The molecule has 1 aromatic carbocycles. The van der Waals surface area contributed by atoms with Crippen molar-refractivity contribution in [1.82, 2.24) is 10.3 Å². The van der Waals surface area contributed by atoms with Gasteiger partial charge in [0.1, 0.15) is 11.6 Å². The van der Waals surface area contributed by atoms with Gasteiger partial charge in [-0.1, -0.05) is 12.1 Å². The number of nitrogens with two attached hydrogens (primary N) is 1. The molecule has 0 bridgehead atoms. The number of carbonyl (C=O) groups excluding carboxylic acids is 2. The first-order valence-electron chi connectivity index (χ1n) is 9.27. The summed E-state index contributed by atoms with van der Waals surface area (Å²) in [4.78, 5) is 29.5. The number of nitrogens with zero attached hydrogens (tertiary/aromatic N) is 2. The van der Waals surface area contributed by atoms with E-state index in [0.29, 0.717) is 12.3 Å². The number of hydrogen-bond acceptors (Lipinski definition) is 5. The summed E-state index contributed by atoms with van der Waals surface area (Å²) >= 11 is 0. The standard InChI is InChI=1S/C21H24N4O3/c22-19(26)15-28-18-6-3-16(4-7-18)5-8-21(27)24-14-17-9-10-23-20(13-17)25-11-1-2-12-25/h3-10,13H,1-2,11-12,14-15H2,(H2,22,26)(H,24,27)/b8-5+. The third-order valence-corrected chi connectivity index (χ3v) is 4.40. The van der Waals surface area contributed by atoms with Crippen molar-refractivity contribution in [2.45, 2.75) is 19.4 Å². The number of ether oxygens (including phenoxy) is 1. The van der Waals surface area contributed by atoms with Crippen LogP contribution in [0, 0.1) is 0 Å². The first kappa shape index (κ1) is 19.4. The second kappa shape index (κ2) is 9.55. The van der Waals surface area contributed by atoms with Crippen LogP contribution >= 0.6 is 0 Å². The van der Waals surface area contributed by atoms with E-state index in [1.165, 1.54) is 18.9 Å². The molecule has 1 aromatic heterocycles. The fourth-order valence-corrected chi connectivity index (χ4v) is 2.94. The van der Waals surface area contributed by atoms with Crippen LogP contribution in [0.3, 0.4) is 0 Å². The molecule has 1 aliphatic heterocycles. The maximum Gasteiger partial charge on any atom is 0.255 e. The minimum absolute atomic E-state index is 0.161. The van der Waals surface area contributed by atoms with Gasteiger partial charge in [-0.25, -0.2) is 4.98 Å². The number of rotatable bonds is 8. The lowest BCUT2D eigenvalue weighted by atomic mass is 10.2. The Morgan fingerprint density at radius 1 is 1.18 bits per heavy atom. The number of pyridine rings is 1. The molecule has 3 N–H and O–H groups in total. The molecule has 1 saturated heterocycles. The summed E-state index contributed by atoms with van der Waals surface area (Å²) in [7, 11) is 0. The normalized spacial score (nSPS) is 13.6. The van der Waals surface area contributed by atoms with Gasteiger partial charge in [0.15, 0.2) is 6.61 Å². The largest absolute Gasteiger partial charge is 0.484 e. The summed E-state index contributed by atoms with van der Waals surface area (Å²) in [6, 6.07) is 11.0. The Balaban J connectivity index is 1.48. The number of amides is 2. The van der Waals surface area contributed by atoms with Gasteiger partial charge in [0.25, 0.3) is 5.91 Å². The van der Waals surface area contributed by atoms with Gasteiger partial charge in [-0.15, -0.1) is 0 Å². The topological polar surface area (TPSA) is 97.6 Å². The monoisotopic (exact) mass is 380 g/mol. The van der Waals surface area contributed by atoms with Crippen LogP contribution in [-0.2, 0) is 16.1 Å². The van der Waals surface area contributed by atoms with Crippen molar-refractivity contribution in [3.63, 3.8) is 0 Å². The summed E-state index contributed by atoms with van der Waals surface area (Å²) in [6.45, 7) is 2.37. The molecule has 1 fully saturated rings. The Bertz CT molecular complexity index is 843. The van der Waals surface area contributed by atoms with Gasteiger partial charge in [-0.3, -0.25) is 9.59 Å². The number of carbonyl (C=O) groups is 2. The summed E-state index contributed by atoms with van der Waals surface area (Å²) < 4.78 is 5.20. The van der Waals surface area contributed by atoms with Crippen LogP contribution in [0.1, 0.15) is 24.0 Å². The highest BCUT2D eigenvalue weighted by Crippen LogP contribution is 2.18. The molecule has 146 valence electrons. The number of nitrogens with one attached hydrogen (secondary N) is 1. The Hall–Kier alpha value is -3.35. The summed E-state index contributed by atoms with van der Waals surface area (Å²) in [5.41, 5.74) is 6.91. The number of benzene rings is 1. The van der Waals surface area contributed by atoms with E-state index in [1.54, 1.807) is 36.5 Å². The van der Waals surface area contributed by atoms with Crippen LogP contribution < -0.4 is 20.7 Å². The lowest BCUT2D eigenvalue weighted by Crippen LogP contribution is -2.22. The van der Waals surface area contributed by atoms with E-state index >= 15 is 0 Å². The molecule has 7 heteroatoms. The van der Waals surface area contributed by atoms with E-state index in [9.17, 15) is 9.59 Å². The van der Waals surface area contributed by atoms with E-state index in [4.69, 9.17) is 10.5 Å². The van der Waals surface area contributed by atoms with Gasteiger partial charge in [-0.2, -0.15) is 0 Å². The first-order valence-corrected chi connectivity index (χ1v) is 9.27. The third kappa shape index (κ3) is 5.84. The Morgan fingerprint density at radius 2 is 1.93 bits per heavy atom. The minimum atomic E-state index is -0.526. The number of primary amides is 1. The predicted molar refractivity (Wildman–Crippen MR) is 108 cm³/mol. The average molecular weight is 380 g/mol. The summed E-state index contributed by atoms with van der Waals surface area (Å²) in [5.74, 6) is 0.821. The van der Waals surface area contributed by atoms with E-state index < -0.39 is 5.91 Å². The second-order valence-electron chi connectivity index (χ2n) is 6.59. The Morgan fingerprint density at radius 3 is 2.64 bits per heavy atom. The van der Waals surface area contributed by atoms with E-state index in [2.05, 4.69) is 15.2 Å². The lowest BCUT2D eigenvalue weighted by molar-refractivity contribution is -0.120. The maximum atomic E-state index is 12.1.